The molecule has 0 aliphatic heterocycles. The molecule has 0 radical (unpaired) electrons. The Morgan fingerprint density at radius 2 is 1.71 bits per heavy atom. The second kappa shape index (κ2) is 9.02. The van der Waals surface area contributed by atoms with E-state index in [-0.39, 0.29) is 0 Å². The van der Waals surface area contributed by atoms with Crippen LogP contribution in [0.5, 0.6) is 5.75 Å². The molecule has 0 saturated heterocycles. The van der Waals surface area contributed by atoms with Crippen molar-refractivity contribution < 1.29 is 14.2 Å². The van der Waals surface area contributed by atoms with Crippen LogP contribution in [-0.2, 0) is 9.47 Å². The maximum atomic E-state index is 5.49. The first-order chi connectivity index (χ1) is 8.33. The third-order valence-electron chi connectivity index (χ3n) is 2.44. The fraction of sp³-hybridized carbons (Fsp3) is 0.571. The molecule has 0 N–H and O–H groups in total. The first kappa shape index (κ1) is 14.0. The zero-order chi connectivity index (χ0) is 12.3. The van der Waals surface area contributed by atoms with Crippen LogP contribution in [0.2, 0.25) is 0 Å². The van der Waals surface area contributed by atoms with E-state index in [1.807, 2.05) is 30.3 Å². The van der Waals surface area contributed by atoms with Gasteiger partial charge >= 0.3 is 0 Å². The Morgan fingerprint density at radius 1 is 1.00 bits per heavy atom. The fourth-order valence-corrected chi connectivity index (χ4v) is 1.26. The van der Waals surface area contributed by atoms with Crippen molar-refractivity contribution in [2.24, 2.45) is 0 Å². The van der Waals surface area contributed by atoms with Gasteiger partial charge in [0.1, 0.15) is 12.4 Å². The summed E-state index contributed by atoms with van der Waals surface area (Å²) in [7, 11) is 0. The van der Waals surface area contributed by atoms with Gasteiger partial charge in [0, 0.05) is 0 Å². The minimum atomic E-state index is 0.319. The molecule has 0 fully saturated rings. The Balaban J connectivity index is 1.91. The van der Waals surface area contributed by atoms with E-state index in [9.17, 15) is 0 Å². The third-order valence-corrected chi connectivity index (χ3v) is 2.44. The molecule has 1 aromatic carbocycles. The van der Waals surface area contributed by atoms with Crippen LogP contribution in [0.25, 0.3) is 0 Å². The molecule has 17 heavy (non-hydrogen) atoms. The van der Waals surface area contributed by atoms with Gasteiger partial charge < -0.3 is 14.2 Å². The number of rotatable bonds is 9. The van der Waals surface area contributed by atoms with Gasteiger partial charge in [0.15, 0.2) is 0 Å². The lowest BCUT2D eigenvalue weighted by Crippen LogP contribution is -2.14. The van der Waals surface area contributed by atoms with Gasteiger partial charge in [-0.15, -0.1) is 0 Å². The Bertz CT molecular complexity index is 274. The fourth-order valence-electron chi connectivity index (χ4n) is 1.26. The third kappa shape index (κ3) is 6.97. The molecular weight excluding hydrogens is 216 g/mol. The van der Waals surface area contributed by atoms with Gasteiger partial charge in [0.2, 0.25) is 0 Å². The zero-order valence-corrected chi connectivity index (χ0v) is 10.7. The lowest BCUT2D eigenvalue weighted by molar-refractivity contribution is 0.00499. The number of hydrogen-bond acceptors (Lipinski definition) is 3. The lowest BCUT2D eigenvalue weighted by atomic mass is 10.3. The van der Waals surface area contributed by atoms with Crippen molar-refractivity contribution in [1.29, 1.82) is 0 Å². The monoisotopic (exact) mass is 238 g/mol. The predicted molar refractivity (Wildman–Crippen MR) is 68.5 cm³/mol. The highest BCUT2D eigenvalue weighted by Gasteiger charge is 1.97. The highest BCUT2D eigenvalue weighted by molar-refractivity contribution is 5.20. The molecule has 1 rings (SSSR count). The molecule has 0 aliphatic rings. The van der Waals surface area contributed by atoms with E-state index in [1.54, 1.807) is 0 Å². The van der Waals surface area contributed by atoms with Crippen LogP contribution in [0, 0.1) is 0 Å². The normalized spacial score (nSPS) is 12.4. The number of ether oxygens (including phenoxy) is 3. The van der Waals surface area contributed by atoms with Gasteiger partial charge in [-0.2, -0.15) is 0 Å². The van der Waals surface area contributed by atoms with Gasteiger partial charge in [0.05, 0.1) is 25.9 Å². The summed E-state index contributed by atoms with van der Waals surface area (Å²) in [4.78, 5) is 0. The summed E-state index contributed by atoms with van der Waals surface area (Å²) in [5.41, 5.74) is 0. The van der Waals surface area contributed by atoms with E-state index >= 15 is 0 Å². The molecule has 96 valence electrons. The van der Waals surface area contributed by atoms with Crippen LogP contribution in [0.3, 0.4) is 0 Å². The average Bonchev–Trinajstić information content (AvgIpc) is 2.38. The Morgan fingerprint density at radius 3 is 2.41 bits per heavy atom. The lowest BCUT2D eigenvalue weighted by Gasteiger charge is -2.11. The molecular formula is C14H22O3. The van der Waals surface area contributed by atoms with Crippen molar-refractivity contribution in [2.45, 2.75) is 26.4 Å². The summed E-state index contributed by atoms with van der Waals surface area (Å²) in [6.07, 6.45) is 1.36. The molecule has 0 bridgehead atoms. The molecule has 0 saturated carbocycles. The molecule has 0 aromatic heterocycles. The topological polar surface area (TPSA) is 27.7 Å². The highest BCUT2D eigenvalue weighted by atomic mass is 16.5. The van der Waals surface area contributed by atoms with Crippen LogP contribution in [0.15, 0.2) is 30.3 Å². The molecule has 0 aliphatic carbocycles. The SMILES string of the molecule is CCC(C)OCCOCCOc1ccccc1. The van der Waals surface area contributed by atoms with E-state index < -0.39 is 0 Å². The van der Waals surface area contributed by atoms with Crippen molar-refractivity contribution in [3.05, 3.63) is 30.3 Å². The van der Waals surface area contributed by atoms with Crippen LogP contribution in [-0.4, -0.2) is 32.5 Å². The summed E-state index contributed by atoms with van der Waals surface area (Å²) >= 11 is 0. The summed E-state index contributed by atoms with van der Waals surface area (Å²) in [6.45, 7) is 6.63. The molecule has 3 nitrogen and oxygen atoms in total. The molecule has 1 aromatic rings. The quantitative estimate of drug-likeness (QED) is 0.619. The molecule has 1 unspecified atom stereocenters. The highest BCUT2D eigenvalue weighted by Crippen LogP contribution is 2.07. The molecule has 0 spiro atoms. The Hall–Kier alpha value is -1.06. The van der Waals surface area contributed by atoms with Crippen LogP contribution in [0.1, 0.15) is 20.3 Å². The van der Waals surface area contributed by atoms with E-state index in [0.717, 1.165) is 12.2 Å². The minimum absolute atomic E-state index is 0.319. The van der Waals surface area contributed by atoms with Crippen molar-refractivity contribution in [3.8, 4) is 5.75 Å². The van der Waals surface area contributed by atoms with Crippen LogP contribution < -0.4 is 4.74 Å². The number of benzene rings is 1. The number of hydrogen-bond donors (Lipinski definition) is 0. The summed E-state index contributed by atoms with van der Waals surface area (Å²) in [5.74, 6) is 0.881. The minimum Gasteiger partial charge on any atom is -0.491 e. The van der Waals surface area contributed by atoms with E-state index in [4.69, 9.17) is 14.2 Å². The second-order valence-corrected chi connectivity index (χ2v) is 3.86. The van der Waals surface area contributed by atoms with Gasteiger partial charge in [-0.25, -0.2) is 0 Å². The molecule has 3 heteroatoms. The predicted octanol–water partition coefficient (Wildman–Crippen LogP) is 2.90. The Kier molecular flexibility index (Phi) is 7.43. The number of para-hydroxylation sites is 1. The van der Waals surface area contributed by atoms with E-state index in [1.165, 1.54) is 0 Å². The first-order valence-electron chi connectivity index (χ1n) is 6.20. The average molecular weight is 238 g/mol. The van der Waals surface area contributed by atoms with E-state index in [2.05, 4.69) is 13.8 Å². The Labute approximate surface area is 104 Å². The maximum Gasteiger partial charge on any atom is 0.119 e. The summed E-state index contributed by atoms with van der Waals surface area (Å²) < 4.78 is 16.4. The first-order valence-corrected chi connectivity index (χ1v) is 6.20. The van der Waals surface area contributed by atoms with Crippen molar-refractivity contribution in [2.75, 3.05) is 26.4 Å². The summed E-state index contributed by atoms with van der Waals surface area (Å²) in [5, 5.41) is 0. The van der Waals surface area contributed by atoms with Gasteiger partial charge in [-0.1, -0.05) is 25.1 Å². The van der Waals surface area contributed by atoms with E-state index in [0.29, 0.717) is 32.5 Å². The standard InChI is InChI=1S/C14H22O3/c1-3-13(2)16-11-9-15-10-12-17-14-7-5-4-6-8-14/h4-8,13H,3,9-12H2,1-2H3. The van der Waals surface area contributed by atoms with Gasteiger partial charge in [-0.05, 0) is 25.5 Å². The largest absolute Gasteiger partial charge is 0.491 e. The maximum absolute atomic E-state index is 5.49. The van der Waals surface area contributed by atoms with Gasteiger partial charge in [-0.3, -0.25) is 0 Å². The van der Waals surface area contributed by atoms with Crippen molar-refractivity contribution >= 4 is 0 Å². The molecule has 0 amide bonds. The second-order valence-electron chi connectivity index (χ2n) is 3.86. The van der Waals surface area contributed by atoms with Crippen molar-refractivity contribution in [3.63, 3.8) is 0 Å². The van der Waals surface area contributed by atoms with Crippen molar-refractivity contribution in [1.82, 2.24) is 0 Å². The zero-order valence-electron chi connectivity index (χ0n) is 10.7. The smallest absolute Gasteiger partial charge is 0.119 e. The molecule has 1 atom stereocenters. The van der Waals surface area contributed by atoms with Crippen LogP contribution in [0.4, 0.5) is 0 Å². The summed E-state index contributed by atoms with van der Waals surface area (Å²) in [6, 6.07) is 9.75. The van der Waals surface area contributed by atoms with Crippen LogP contribution >= 0.6 is 0 Å². The van der Waals surface area contributed by atoms with Gasteiger partial charge in [0.25, 0.3) is 0 Å². The molecule has 0 heterocycles.